The molecule has 0 radical (unpaired) electrons. The van der Waals surface area contributed by atoms with Crippen LogP contribution in [0.5, 0.6) is 0 Å². The van der Waals surface area contributed by atoms with E-state index in [9.17, 15) is 4.79 Å². The topological polar surface area (TPSA) is 61.1 Å². The minimum absolute atomic E-state index is 0.0363. The zero-order chi connectivity index (χ0) is 20.0. The van der Waals surface area contributed by atoms with Crippen LogP contribution in [-0.4, -0.2) is 69.9 Å². The van der Waals surface area contributed by atoms with Crippen molar-refractivity contribution in [2.45, 2.75) is 63.1 Å². The lowest BCUT2D eigenvalue weighted by atomic mass is 10.0. The number of aryl methyl sites for hydroxylation is 1. The Morgan fingerprint density at radius 2 is 2.07 bits per heavy atom. The molecule has 2 aromatic heterocycles. The van der Waals surface area contributed by atoms with Gasteiger partial charge in [0.15, 0.2) is 0 Å². The SMILES string of the molecule is Cc1nnc([N+](C)=CC(=O)c2cc(C3CC3NC3CCN(C4CC4)CC3)cs2)s1. The monoisotopic (exact) mass is 430 g/mol. The van der Waals surface area contributed by atoms with Gasteiger partial charge in [0.2, 0.25) is 5.78 Å². The van der Waals surface area contributed by atoms with E-state index in [1.807, 2.05) is 14.0 Å². The quantitative estimate of drug-likeness (QED) is 0.415. The minimum atomic E-state index is 0.0363. The maximum absolute atomic E-state index is 12.6. The summed E-state index contributed by atoms with van der Waals surface area (Å²) in [4.78, 5) is 16.1. The van der Waals surface area contributed by atoms with Crippen LogP contribution in [0.2, 0.25) is 0 Å². The summed E-state index contributed by atoms with van der Waals surface area (Å²) in [5, 5.41) is 15.8. The number of thiophene rings is 1. The van der Waals surface area contributed by atoms with Crippen LogP contribution < -0.4 is 5.32 Å². The van der Waals surface area contributed by atoms with Gasteiger partial charge >= 0.3 is 5.13 Å². The Labute approximate surface area is 179 Å². The first kappa shape index (κ1) is 19.5. The van der Waals surface area contributed by atoms with Gasteiger partial charge in [0.1, 0.15) is 11.2 Å². The number of likely N-dealkylation sites (tertiary alicyclic amines) is 1. The van der Waals surface area contributed by atoms with Crippen molar-refractivity contribution in [3.63, 3.8) is 0 Å². The molecule has 8 heteroatoms. The van der Waals surface area contributed by atoms with E-state index in [0.717, 1.165) is 21.1 Å². The molecular formula is C21H28N5OS2+. The summed E-state index contributed by atoms with van der Waals surface area (Å²) in [7, 11) is 1.85. The van der Waals surface area contributed by atoms with Crippen molar-refractivity contribution in [3.8, 4) is 0 Å². The van der Waals surface area contributed by atoms with Crippen molar-refractivity contribution in [3.05, 3.63) is 26.9 Å². The molecule has 0 amide bonds. The fourth-order valence-electron chi connectivity index (χ4n) is 4.32. The van der Waals surface area contributed by atoms with Crippen molar-refractivity contribution >= 4 is 39.8 Å². The van der Waals surface area contributed by atoms with E-state index in [-0.39, 0.29) is 5.78 Å². The Morgan fingerprint density at radius 3 is 2.76 bits per heavy atom. The van der Waals surface area contributed by atoms with Crippen LogP contribution in [-0.2, 0) is 0 Å². The lowest BCUT2D eigenvalue weighted by Crippen LogP contribution is -2.44. The Balaban J connectivity index is 1.14. The van der Waals surface area contributed by atoms with E-state index in [0.29, 0.717) is 18.0 Å². The van der Waals surface area contributed by atoms with E-state index in [2.05, 4.69) is 31.9 Å². The lowest BCUT2D eigenvalue weighted by Gasteiger charge is -2.32. The third kappa shape index (κ3) is 4.50. The number of nitrogens with zero attached hydrogens (tertiary/aromatic N) is 4. The number of ketones is 1. The minimum Gasteiger partial charge on any atom is -0.311 e. The highest BCUT2D eigenvalue weighted by Gasteiger charge is 2.41. The average Bonchev–Trinajstić information content (AvgIpc) is 3.61. The Hall–Kier alpha value is -1.48. The third-order valence-electron chi connectivity index (χ3n) is 6.25. The number of carbonyl (C=O) groups is 1. The number of Topliss-reactive ketones (excluding diaryl/α,β-unsaturated/α-hetero) is 1. The number of carbonyl (C=O) groups excluding carboxylic acids is 1. The number of aromatic nitrogens is 2. The molecule has 0 bridgehead atoms. The highest BCUT2D eigenvalue weighted by atomic mass is 32.1. The summed E-state index contributed by atoms with van der Waals surface area (Å²) in [6.07, 6.45) is 8.19. The number of hydrogen-bond acceptors (Lipinski definition) is 7. The van der Waals surface area contributed by atoms with Gasteiger partial charge in [-0.3, -0.25) is 4.79 Å². The maximum Gasteiger partial charge on any atom is 0.410 e. The zero-order valence-electron chi connectivity index (χ0n) is 17.0. The van der Waals surface area contributed by atoms with Gasteiger partial charge in [-0.05, 0) is 85.6 Å². The molecule has 3 aliphatic rings. The molecule has 3 fully saturated rings. The molecule has 6 nitrogen and oxygen atoms in total. The second-order valence-corrected chi connectivity index (χ2v) is 10.7. The number of rotatable bonds is 7. The van der Waals surface area contributed by atoms with Gasteiger partial charge in [-0.1, -0.05) is 0 Å². The predicted molar refractivity (Wildman–Crippen MR) is 117 cm³/mol. The second-order valence-electron chi connectivity index (χ2n) is 8.61. The molecule has 2 saturated carbocycles. The Morgan fingerprint density at radius 1 is 1.28 bits per heavy atom. The van der Waals surface area contributed by atoms with Crippen molar-refractivity contribution < 1.29 is 9.37 Å². The van der Waals surface area contributed by atoms with Crippen LogP contribution >= 0.6 is 22.7 Å². The van der Waals surface area contributed by atoms with Crippen LogP contribution in [0, 0.1) is 6.92 Å². The van der Waals surface area contributed by atoms with E-state index in [4.69, 9.17) is 0 Å². The van der Waals surface area contributed by atoms with E-state index < -0.39 is 0 Å². The van der Waals surface area contributed by atoms with Crippen LogP contribution in [0.15, 0.2) is 11.4 Å². The van der Waals surface area contributed by atoms with Crippen molar-refractivity contribution in [1.29, 1.82) is 0 Å². The number of nitrogens with one attached hydrogen (secondary N) is 1. The summed E-state index contributed by atoms with van der Waals surface area (Å²) < 4.78 is 1.77. The number of piperidine rings is 1. The molecule has 5 rings (SSSR count). The van der Waals surface area contributed by atoms with Crippen molar-refractivity contribution in [2.24, 2.45) is 0 Å². The van der Waals surface area contributed by atoms with Gasteiger partial charge in [0.05, 0.1) is 17.0 Å². The highest BCUT2D eigenvalue weighted by molar-refractivity contribution is 7.14. The molecule has 154 valence electrons. The second kappa shape index (κ2) is 7.98. The molecule has 1 N–H and O–H groups in total. The molecule has 0 aromatic carbocycles. The number of hydrogen-bond donors (Lipinski definition) is 1. The molecular weight excluding hydrogens is 402 g/mol. The van der Waals surface area contributed by atoms with Gasteiger partial charge in [-0.15, -0.1) is 11.3 Å². The highest BCUT2D eigenvalue weighted by Crippen LogP contribution is 2.43. The van der Waals surface area contributed by atoms with Gasteiger partial charge < -0.3 is 10.2 Å². The zero-order valence-corrected chi connectivity index (χ0v) is 18.6. The van der Waals surface area contributed by atoms with Gasteiger partial charge in [-0.25, -0.2) is 4.58 Å². The largest absolute Gasteiger partial charge is 0.410 e. The van der Waals surface area contributed by atoms with Gasteiger partial charge in [0.25, 0.3) is 0 Å². The van der Waals surface area contributed by atoms with Gasteiger partial charge in [0, 0.05) is 24.0 Å². The third-order valence-corrected chi connectivity index (χ3v) is 8.14. The van der Waals surface area contributed by atoms with E-state index >= 15 is 0 Å². The summed E-state index contributed by atoms with van der Waals surface area (Å²) in [5.74, 6) is 0.604. The average molecular weight is 431 g/mol. The Bertz CT molecular complexity index is 923. The molecule has 2 aliphatic carbocycles. The molecule has 2 unspecified atom stereocenters. The van der Waals surface area contributed by atoms with Gasteiger partial charge in [-0.2, -0.15) is 0 Å². The Kier molecular flexibility index (Phi) is 5.36. The van der Waals surface area contributed by atoms with E-state index in [1.165, 1.54) is 62.1 Å². The predicted octanol–water partition coefficient (Wildman–Crippen LogP) is 3.21. The van der Waals surface area contributed by atoms with Crippen LogP contribution in [0.3, 0.4) is 0 Å². The summed E-state index contributed by atoms with van der Waals surface area (Å²) in [6, 6.07) is 4.24. The molecule has 1 aliphatic heterocycles. The lowest BCUT2D eigenvalue weighted by molar-refractivity contribution is -0.398. The molecule has 1 saturated heterocycles. The maximum atomic E-state index is 12.6. The fraction of sp³-hybridized carbons (Fsp3) is 0.619. The summed E-state index contributed by atoms with van der Waals surface area (Å²) >= 11 is 3.04. The molecule has 3 heterocycles. The normalized spacial score (nSPS) is 26.1. The first-order valence-electron chi connectivity index (χ1n) is 10.6. The van der Waals surface area contributed by atoms with Crippen LogP contribution in [0.4, 0.5) is 5.13 Å². The van der Waals surface area contributed by atoms with Crippen LogP contribution in [0.1, 0.15) is 58.3 Å². The van der Waals surface area contributed by atoms with E-state index in [1.54, 1.807) is 22.1 Å². The summed E-state index contributed by atoms with van der Waals surface area (Å²) in [6.45, 7) is 4.43. The molecule has 2 aromatic rings. The molecule has 0 spiro atoms. The van der Waals surface area contributed by atoms with Crippen LogP contribution in [0.25, 0.3) is 0 Å². The fourth-order valence-corrected chi connectivity index (χ4v) is 5.82. The standard InChI is InChI=1S/C21H28N5OS2/c1-13-23-24-21(29-13)25(2)11-19(27)20-9-14(12-28-20)17-10-18(17)22-15-5-7-26(8-6-15)16-3-4-16/h9,11-12,15-18,22H,3-8,10H2,1-2H3/q+1. The first-order chi connectivity index (χ1) is 14.1. The summed E-state index contributed by atoms with van der Waals surface area (Å²) in [5.41, 5.74) is 1.31. The van der Waals surface area contributed by atoms with Crippen molar-refractivity contribution in [1.82, 2.24) is 20.4 Å². The smallest absolute Gasteiger partial charge is 0.311 e. The molecule has 29 heavy (non-hydrogen) atoms. The first-order valence-corrected chi connectivity index (χ1v) is 12.3. The molecule has 2 atom stereocenters. The van der Waals surface area contributed by atoms with Crippen molar-refractivity contribution in [2.75, 3.05) is 20.1 Å².